The molecule has 0 atom stereocenters. The van der Waals surface area contributed by atoms with Crippen molar-refractivity contribution in [1.29, 1.82) is 0 Å². The molecular weight excluding hydrogens is 202 g/mol. The van der Waals surface area contributed by atoms with Crippen molar-refractivity contribution in [3.05, 3.63) is 29.3 Å². The van der Waals surface area contributed by atoms with Crippen molar-refractivity contribution < 1.29 is 5.21 Å². The lowest BCUT2D eigenvalue weighted by Crippen LogP contribution is -2.25. The summed E-state index contributed by atoms with van der Waals surface area (Å²) in [6.45, 7) is 2.04. The van der Waals surface area contributed by atoms with Crippen molar-refractivity contribution in [3.63, 3.8) is 0 Å². The Morgan fingerprint density at radius 3 is 2.75 bits per heavy atom. The van der Waals surface area contributed by atoms with Gasteiger partial charge in [-0.3, -0.25) is 0 Å². The second kappa shape index (κ2) is 4.04. The molecule has 0 bridgehead atoms. The van der Waals surface area contributed by atoms with Crippen LogP contribution in [0.25, 0.3) is 0 Å². The van der Waals surface area contributed by atoms with Crippen LogP contribution in [0.3, 0.4) is 0 Å². The van der Waals surface area contributed by atoms with Gasteiger partial charge < -0.3 is 15.8 Å². The zero-order chi connectivity index (χ0) is 11.7. The summed E-state index contributed by atoms with van der Waals surface area (Å²) in [6.07, 6.45) is 2.45. The van der Waals surface area contributed by atoms with Gasteiger partial charge in [0.15, 0.2) is 5.84 Å². The van der Waals surface area contributed by atoms with Gasteiger partial charge in [-0.2, -0.15) is 0 Å². The van der Waals surface area contributed by atoms with Crippen LogP contribution in [0.4, 0.5) is 5.69 Å². The van der Waals surface area contributed by atoms with Crippen molar-refractivity contribution in [2.75, 3.05) is 11.9 Å². The van der Waals surface area contributed by atoms with Crippen molar-refractivity contribution in [1.82, 2.24) is 0 Å². The van der Waals surface area contributed by atoms with Gasteiger partial charge in [-0.1, -0.05) is 17.3 Å². The minimum atomic E-state index is 0.172. The Hall–Kier alpha value is -1.71. The molecule has 1 aromatic rings. The van der Waals surface area contributed by atoms with E-state index in [2.05, 4.69) is 17.1 Å². The predicted molar refractivity (Wildman–Crippen MR) is 65.1 cm³/mol. The molecule has 1 fully saturated rings. The molecule has 0 spiro atoms. The summed E-state index contributed by atoms with van der Waals surface area (Å²) < 4.78 is 0. The summed E-state index contributed by atoms with van der Waals surface area (Å²) in [7, 11) is 2.06. The molecule has 4 nitrogen and oxygen atoms in total. The van der Waals surface area contributed by atoms with E-state index >= 15 is 0 Å². The molecule has 1 aliphatic rings. The molecule has 1 saturated carbocycles. The fraction of sp³-hybridized carbons (Fsp3) is 0.417. The Balaban J connectivity index is 2.47. The molecule has 16 heavy (non-hydrogen) atoms. The maximum atomic E-state index is 8.78. The summed E-state index contributed by atoms with van der Waals surface area (Å²) in [4.78, 5) is 2.22. The quantitative estimate of drug-likeness (QED) is 0.352. The van der Waals surface area contributed by atoms with Crippen molar-refractivity contribution >= 4 is 11.5 Å². The van der Waals surface area contributed by atoms with Gasteiger partial charge in [0.05, 0.1) is 5.69 Å². The number of benzene rings is 1. The largest absolute Gasteiger partial charge is 0.409 e. The molecule has 0 aliphatic heterocycles. The van der Waals surface area contributed by atoms with Crippen LogP contribution in [0.1, 0.15) is 24.0 Å². The molecule has 1 aromatic carbocycles. The van der Waals surface area contributed by atoms with Gasteiger partial charge in [0.25, 0.3) is 0 Å². The minimum absolute atomic E-state index is 0.172. The zero-order valence-electron chi connectivity index (χ0n) is 9.64. The van der Waals surface area contributed by atoms with Crippen LogP contribution in [0.2, 0.25) is 0 Å². The fourth-order valence-electron chi connectivity index (χ4n) is 2.03. The third-order valence-electron chi connectivity index (χ3n) is 3.07. The predicted octanol–water partition coefficient (Wildman–Crippen LogP) is 1.69. The number of rotatable bonds is 3. The second-order valence-electron chi connectivity index (χ2n) is 4.30. The summed E-state index contributed by atoms with van der Waals surface area (Å²) in [5.41, 5.74) is 8.72. The first-order valence-electron chi connectivity index (χ1n) is 5.45. The highest BCUT2D eigenvalue weighted by atomic mass is 16.4. The average Bonchev–Trinajstić information content (AvgIpc) is 3.10. The summed E-state index contributed by atoms with van der Waals surface area (Å²) in [5.74, 6) is 0.172. The van der Waals surface area contributed by atoms with Gasteiger partial charge in [0.1, 0.15) is 0 Å². The number of hydrogen-bond donors (Lipinski definition) is 2. The Labute approximate surface area is 95.4 Å². The number of hydrogen-bond acceptors (Lipinski definition) is 3. The van der Waals surface area contributed by atoms with Crippen LogP contribution in [-0.4, -0.2) is 24.1 Å². The molecule has 1 aliphatic carbocycles. The lowest BCUT2D eigenvalue weighted by atomic mass is 10.1. The standard InChI is InChI=1S/C12H17N3O/c1-8-4-3-5-10(12(13)14-16)11(8)15(2)9-6-7-9/h3-5,9,16H,6-7H2,1-2H3,(H2,13,14). The van der Waals surface area contributed by atoms with Crippen LogP contribution in [0, 0.1) is 6.92 Å². The highest BCUT2D eigenvalue weighted by Crippen LogP contribution is 2.34. The van der Waals surface area contributed by atoms with E-state index < -0.39 is 0 Å². The van der Waals surface area contributed by atoms with Gasteiger partial charge in [-0.05, 0) is 31.4 Å². The highest BCUT2D eigenvalue weighted by Gasteiger charge is 2.28. The fourth-order valence-corrected chi connectivity index (χ4v) is 2.03. The van der Waals surface area contributed by atoms with E-state index in [1.54, 1.807) is 0 Å². The summed E-state index contributed by atoms with van der Waals surface area (Å²) >= 11 is 0. The Morgan fingerprint density at radius 1 is 1.50 bits per heavy atom. The summed E-state index contributed by atoms with van der Waals surface area (Å²) in [6, 6.07) is 6.46. The smallest absolute Gasteiger partial charge is 0.172 e. The van der Waals surface area contributed by atoms with E-state index in [9.17, 15) is 0 Å². The number of nitrogens with zero attached hydrogens (tertiary/aromatic N) is 2. The first kappa shape index (κ1) is 10.8. The van der Waals surface area contributed by atoms with E-state index in [0.29, 0.717) is 6.04 Å². The van der Waals surface area contributed by atoms with Crippen molar-refractivity contribution in [2.24, 2.45) is 10.9 Å². The molecule has 4 heteroatoms. The maximum Gasteiger partial charge on any atom is 0.172 e. The van der Waals surface area contributed by atoms with Gasteiger partial charge in [0.2, 0.25) is 0 Å². The first-order valence-corrected chi connectivity index (χ1v) is 5.45. The molecular formula is C12H17N3O. The third kappa shape index (κ3) is 1.83. The number of amidine groups is 1. The lowest BCUT2D eigenvalue weighted by Gasteiger charge is -2.23. The summed E-state index contributed by atoms with van der Waals surface area (Å²) in [5, 5.41) is 11.9. The lowest BCUT2D eigenvalue weighted by molar-refractivity contribution is 0.318. The van der Waals surface area contributed by atoms with E-state index in [1.165, 1.54) is 12.8 Å². The van der Waals surface area contributed by atoms with Crippen LogP contribution < -0.4 is 10.6 Å². The molecule has 86 valence electrons. The van der Waals surface area contributed by atoms with Gasteiger partial charge in [0, 0.05) is 18.7 Å². The zero-order valence-corrected chi connectivity index (χ0v) is 9.64. The average molecular weight is 219 g/mol. The Bertz CT molecular complexity index is 424. The molecule has 0 saturated heterocycles. The van der Waals surface area contributed by atoms with Crippen LogP contribution in [0.5, 0.6) is 0 Å². The normalized spacial score (nSPS) is 16.2. The number of oxime groups is 1. The van der Waals surface area contributed by atoms with E-state index in [1.807, 2.05) is 25.1 Å². The molecule has 0 amide bonds. The molecule has 0 radical (unpaired) electrons. The van der Waals surface area contributed by atoms with Crippen LogP contribution in [0.15, 0.2) is 23.4 Å². The van der Waals surface area contributed by atoms with E-state index in [-0.39, 0.29) is 5.84 Å². The molecule has 0 aromatic heterocycles. The number of nitrogens with two attached hydrogens (primary N) is 1. The number of anilines is 1. The Kier molecular flexibility index (Phi) is 2.73. The monoisotopic (exact) mass is 219 g/mol. The first-order chi connectivity index (χ1) is 7.65. The highest BCUT2D eigenvalue weighted by molar-refractivity contribution is 6.02. The van der Waals surface area contributed by atoms with Crippen LogP contribution in [-0.2, 0) is 0 Å². The SMILES string of the molecule is Cc1cccc(/C(N)=N/O)c1N(C)C1CC1. The topological polar surface area (TPSA) is 61.9 Å². The minimum Gasteiger partial charge on any atom is -0.409 e. The molecule has 0 heterocycles. The third-order valence-corrected chi connectivity index (χ3v) is 3.07. The number of para-hydroxylation sites is 1. The molecule has 3 N–H and O–H groups in total. The van der Waals surface area contributed by atoms with Crippen molar-refractivity contribution in [2.45, 2.75) is 25.8 Å². The van der Waals surface area contributed by atoms with Crippen molar-refractivity contribution in [3.8, 4) is 0 Å². The van der Waals surface area contributed by atoms with Gasteiger partial charge in [-0.25, -0.2) is 0 Å². The van der Waals surface area contributed by atoms with E-state index in [0.717, 1.165) is 16.8 Å². The van der Waals surface area contributed by atoms with E-state index in [4.69, 9.17) is 10.9 Å². The molecule has 0 unspecified atom stereocenters. The number of aryl methyl sites for hydroxylation is 1. The maximum absolute atomic E-state index is 8.78. The van der Waals surface area contributed by atoms with Gasteiger partial charge in [-0.15, -0.1) is 0 Å². The van der Waals surface area contributed by atoms with Crippen LogP contribution >= 0.6 is 0 Å². The Morgan fingerprint density at radius 2 is 2.19 bits per heavy atom. The molecule has 2 rings (SSSR count). The van der Waals surface area contributed by atoms with Gasteiger partial charge >= 0.3 is 0 Å². The second-order valence-corrected chi connectivity index (χ2v) is 4.30.